The van der Waals surface area contributed by atoms with E-state index >= 15 is 0 Å². The summed E-state index contributed by atoms with van der Waals surface area (Å²) in [6.07, 6.45) is 1.14. The number of nitrogens with zero attached hydrogens (tertiary/aromatic N) is 2. The van der Waals surface area contributed by atoms with Crippen LogP contribution in [0.2, 0.25) is 0 Å². The third-order valence-corrected chi connectivity index (χ3v) is 2.84. The molecule has 0 unspecified atom stereocenters. The minimum absolute atomic E-state index is 0.194. The molecule has 6 heteroatoms. The predicted octanol–water partition coefficient (Wildman–Crippen LogP) is 2.86. The number of rotatable bonds is 3. The number of hydrogen-bond acceptors (Lipinski definition) is 4. The smallest absolute Gasteiger partial charge is 0.288 e. The van der Waals surface area contributed by atoms with Gasteiger partial charge in [0, 0.05) is 11.8 Å². The number of aromatic nitrogens is 1. The summed E-state index contributed by atoms with van der Waals surface area (Å²) < 4.78 is 0. The van der Waals surface area contributed by atoms with Gasteiger partial charge in [-0.15, -0.1) is 0 Å². The first-order valence-corrected chi connectivity index (χ1v) is 5.96. The number of nitro groups is 1. The minimum Gasteiger partial charge on any atom is -0.322 e. The summed E-state index contributed by atoms with van der Waals surface area (Å²) in [6.45, 7) is 3.58. The number of anilines is 1. The van der Waals surface area contributed by atoms with Gasteiger partial charge in [0.15, 0.2) is 0 Å². The summed E-state index contributed by atoms with van der Waals surface area (Å²) >= 11 is 0. The molecule has 0 aliphatic rings. The number of benzene rings is 1. The zero-order valence-corrected chi connectivity index (χ0v) is 11.1. The van der Waals surface area contributed by atoms with E-state index in [1.54, 1.807) is 19.1 Å². The maximum Gasteiger partial charge on any atom is 0.288 e. The molecule has 0 saturated heterocycles. The summed E-state index contributed by atoms with van der Waals surface area (Å²) in [5.74, 6) is -0.414. The second-order valence-electron chi connectivity index (χ2n) is 4.40. The van der Waals surface area contributed by atoms with Crippen LogP contribution < -0.4 is 5.32 Å². The van der Waals surface area contributed by atoms with E-state index in [2.05, 4.69) is 10.3 Å². The van der Waals surface area contributed by atoms with Gasteiger partial charge in [-0.1, -0.05) is 17.7 Å². The second kappa shape index (κ2) is 5.48. The van der Waals surface area contributed by atoms with Crippen LogP contribution in [-0.2, 0) is 0 Å². The molecule has 2 aromatic rings. The number of carbonyl (C=O) groups is 1. The number of pyridine rings is 1. The largest absolute Gasteiger partial charge is 0.322 e. The number of nitrogens with one attached hydrogen (secondary N) is 1. The number of aryl methyl sites for hydroxylation is 2. The molecule has 1 heterocycles. The van der Waals surface area contributed by atoms with Gasteiger partial charge in [-0.2, -0.15) is 0 Å². The highest BCUT2D eigenvalue weighted by Gasteiger charge is 2.15. The topological polar surface area (TPSA) is 85.1 Å². The van der Waals surface area contributed by atoms with E-state index in [0.29, 0.717) is 11.4 Å². The Morgan fingerprint density at radius 3 is 2.50 bits per heavy atom. The quantitative estimate of drug-likeness (QED) is 0.687. The van der Waals surface area contributed by atoms with Crippen molar-refractivity contribution in [3.05, 3.63) is 63.5 Å². The van der Waals surface area contributed by atoms with Crippen LogP contribution in [0.4, 0.5) is 11.4 Å². The maximum absolute atomic E-state index is 12.1. The highest BCUT2D eigenvalue weighted by atomic mass is 16.6. The molecular weight excluding hydrogens is 258 g/mol. The van der Waals surface area contributed by atoms with Gasteiger partial charge in [0.1, 0.15) is 6.20 Å². The van der Waals surface area contributed by atoms with Crippen molar-refractivity contribution in [1.29, 1.82) is 0 Å². The van der Waals surface area contributed by atoms with E-state index in [-0.39, 0.29) is 11.3 Å². The van der Waals surface area contributed by atoms with Gasteiger partial charge in [0.25, 0.3) is 11.6 Å². The summed E-state index contributed by atoms with van der Waals surface area (Å²) in [4.78, 5) is 26.1. The normalized spacial score (nSPS) is 10.1. The van der Waals surface area contributed by atoms with Crippen LogP contribution in [0.1, 0.15) is 21.6 Å². The minimum atomic E-state index is -0.574. The lowest BCUT2D eigenvalue weighted by Crippen LogP contribution is -2.14. The Balaban J connectivity index is 2.26. The van der Waals surface area contributed by atoms with Crippen molar-refractivity contribution in [3.8, 4) is 0 Å². The van der Waals surface area contributed by atoms with Gasteiger partial charge < -0.3 is 5.32 Å². The van der Waals surface area contributed by atoms with Gasteiger partial charge in [0.2, 0.25) is 0 Å². The SMILES string of the molecule is Cc1ccc(NC(=O)c2cc([N+](=O)[O-])cnc2C)cc1. The van der Waals surface area contributed by atoms with Crippen LogP contribution >= 0.6 is 0 Å². The van der Waals surface area contributed by atoms with Crippen molar-refractivity contribution >= 4 is 17.3 Å². The number of hydrogen-bond donors (Lipinski definition) is 1. The Labute approximate surface area is 115 Å². The van der Waals surface area contributed by atoms with Crippen molar-refractivity contribution < 1.29 is 9.72 Å². The molecule has 20 heavy (non-hydrogen) atoms. The predicted molar refractivity (Wildman–Crippen MR) is 74.8 cm³/mol. The van der Waals surface area contributed by atoms with Crippen LogP contribution in [0.3, 0.4) is 0 Å². The third kappa shape index (κ3) is 2.97. The zero-order chi connectivity index (χ0) is 14.7. The second-order valence-corrected chi connectivity index (χ2v) is 4.40. The molecule has 0 fully saturated rings. The van der Waals surface area contributed by atoms with Crippen molar-refractivity contribution in [1.82, 2.24) is 4.98 Å². The molecule has 102 valence electrons. The molecule has 0 saturated carbocycles. The van der Waals surface area contributed by atoms with E-state index in [1.165, 1.54) is 6.07 Å². The average molecular weight is 271 g/mol. The monoisotopic (exact) mass is 271 g/mol. The Bertz CT molecular complexity index is 666. The first kappa shape index (κ1) is 13.7. The first-order chi connectivity index (χ1) is 9.47. The van der Waals surface area contributed by atoms with E-state index in [0.717, 1.165) is 11.8 Å². The lowest BCUT2D eigenvalue weighted by molar-refractivity contribution is -0.385. The Morgan fingerprint density at radius 1 is 1.25 bits per heavy atom. The van der Waals surface area contributed by atoms with Crippen LogP contribution in [0, 0.1) is 24.0 Å². The van der Waals surface area contributed by atoms with E-state index in [1.807, 2.05) is 19.1 Å². The number of amides is 1. The molecule has 1 amide bonds. The Kier molecular flexibility index (Phi) is 3.74. The average Bonchev–Trinajstić information content (AvgIpc) is 2.41. The molecule has 0 bridgehead atoms. The molecule has 0 radical (unpaired) electrons. The Hall–Kier alpha value is -2.76. The fourth-order valence-corrected chi connectivity index (χ4v) is 1.69. The highest BCUT2D eigenvalue weighted by Crippen LogP contribution is 2.17. The first-order valence-electron chi connectivity index (χ1n) is 5.96. The summed E-state index contributed by atoms with van der Waals surface area (Å²) in [6, 6.07) is 8.51. The number of carbonyl (C=O) groups excluding carboxylic acids is 1. The molecule has 1 N–H and O–H groups in total. The van der Waals surface area contributed by atoms with E-state index < -0.39 is 10.8 Å². The fraction of sp³-hybridized carbons (Fsp3) is 0.143. The van der Waals surface area contributed by atoms with Gasteiger partial charge in [-0.25, -0.2) is 0 Å². The molecule has 0 spiro atoms. The van der Waals surface area contributed by atoms with Crippen LogP contribution in [-0.4, -0.2) is 15.8 Å². The molecule has 0 atom stereocenters. The van der Waals surface area contributed by atoms with Crippen molar-refractivity contribution in [2.24, 2.45) is 0 Å². The van der Waals surface area contributed by atoms with Gasteiger partial charge in [0.05, 0.1) is 16.2 Å². The van der Waals surface area contributed by atoms with Crippen LogP contribution in [0.25, 0.3) is 0 Å². The van der Waals surface area contributed by atoms with Gasteiger partial charge >= 0.3 is 0 Å². The molecule has 6 nitrogen and oxygen atoms in total. The van der Waals surface area contributed by atoms with Crippen LogP contribution in [0.5, 0.6) is 0 Å². The van der Waals surface area contributed by atoms with E-state index in [9.17, 15) is 14.9 Å². The molecule has 2 rings (SSSR count). The van der Waals surface area contributed by atoms with E-state index in [4.69, 9.17) is 0 Å². The van der Waals surface area contributed by atoms with Gasteiger partial charge in [-0.3, -0.25) is 19.9 Å². The summed E-state index contributed by atoms with van der Waals surface area (Å²) in [5, 5.41) is 13.4. The van der Waals surface area contributed by atoms with Crippen LogP contribution in [0.15, 0.2) is 36.5 Å². The Morgan fingerprint density at radius 2 is 1.90 bits per heavy atom. The molecule has 1 aromatic carbocycles. The molecule has 1 aromatic heterocycles. The highest BCUT2D eigenvalue weighted by molar-refractivity contribution is 6.05. The lowest BCUT2D eigenvalue weighted by atomic mass is 10.1. The third-order valence-electron chi connectivity index (χ3n) is 2.84. The molecule has 0 aliphatic carbocycles. The zero-order valence-electron chi connectivity index (χ0n) is 11.1. The van der Waals surface area contributed by atoms with Crippen molar-refractivity contribution in [3.63, 3.8) is 0 Å². The standard InChI is InChI=1S/C14H13N3O3/c1-9-3-5-11(6-4-9)16-14(18)13-7-12(17(19)20)8-15-10(13)2/h3-8H,1-2H3,(H,16,18). The molecular formula is C14H13N3O3. The summed E-state index contributed by atoms with van der Waals surface area (Å²) in [5.41, 5.74) is 2.15. The lowest BCUT2D eigenvalue weighted by Gasteiger charge is -2.07. The van der Waals surface area contributed by atoms with Crippen molar-refractivity contribution in [2.75, 3.05) is 5.32 Å². The van der Waals surface area contributed by atoms with Gasteiger partial charge in [-0.05, 0) is 26.0 Å². The van der Waals surface area contributed by atoms with Crippen molar-refractivity contribution in [2.45, 2.75) is 13.8 Å². The molecule has 0 aliphatic heterocycles. The maximum atomic E-state index is 12.1. The summed E-state index contributed by atoms with van der Waals surface area (Å²) in [7, 11) is 0. The fourth-order valence-electron chi connectivity index (χ4n) is 1.69.